The Balaban J connectivity index is 1.77. The Hall–Kier alpha value is -2.27. The van der Waals surface area contributed by atoms with Crippen LogP contribution in [0.1, 0.15) is 16.8 Å². The second-order valence-electron chi connectivity index (χ2n) is 5.44. The Morgan fingerprint density at radius 2 is 2.05 bits per heavy atom. The average Bonchev–Trinajstić information content (AvgIpc) is 2.95. The molecule has 0 saturated heterocycles. The van der Waals surface area contributed by atoms with Gasteiger partial charge in [-0.2, -0.15) is 0 Å². The molecular formula is C16H11ClO5. The highest BCUT2D eigenvalue weighted by Gasteiger charge is 2.47. The van der Waals surface area contributed by atoms with Crippen LogP contribution in [0.4, 0.5) is 0 Å². The number of para-hydroxylation sites is 1. The summed E-state index contributed by atoms with van der Waals surface area (Å²) < 4.78 is 11.3. The van der Waals surface area contributed by atoms with Crippen molar-refractivity contribution in [1.29, 1.82) is 0 Å². The third-order valence-electron chi connectivity index (χ3n) is 4.15. The van der Waals surface area contributed by atoms with Crippen LogP contribution >= 0.6 is 11.6 Å². The van der Waals surface area contributed by atoms with Gasteiger partial charge in [-0.25, -0.2) is 4.79 Å². The van der Waals surface area contributed by atoms with Crippen LogP contribution in [0.5, 0.6) is 5.75 Å². The van der Waals surface area contributed by atoms with Crippen molar-refractivity contribution in [2.75, 3.05) is 0 Å². The number of aliphatic carboxylic acids is 1. The molecule has 3 atom stereocenters. The fourth-order valence-corrected chi connectivity index (χ4v) is 3.43. The SMILES string of the molecule is O=C(O)C1CC2=C(O1)C(Cl)=CC1C(=O)c3ccccc3OC21. The molecule has 22 heavy (non-hydrogen) atoms. The number of hydrogen-bond acceptors (Lipinski definition) is 4. The van der Waals surface area contributed by atoms with E-state index in [4.69, 9.17) is 26.2 Å². The van der Waals surface area contributed by atoms with Gasteiger partial charge >= 0.3 is 5.97 Å². The number of carbonyl (C=O) groups excluding carboxylic acids is 1. The fraction of sp³-hybridized carbons (Fsp3) is 0.250. The summed E-state index contributed by atoms with van der Waals surface area (Å²) in [5.74, 6) is -0.834. The van der Waals surface area contributed by atoms with Gasteiger partial charge in [-0.05, 0) is 18.2 Å². The fourth-order valence-electron chi connectivity index (χ4n) is 3.13. The maximum Gasteiger partial charge on any atom is 0.345 e. The third-order valence-corrected chi connectivity index (χ3v) is 4.45. The number of allylic oxidation sites excluding steroid dienone is 1. The van der Waals surface area contributed by atoms with Crippen LogP contribution in [0.2, 0.25) is 0 Å². The van der Waals surface area contributed by atoms with Crippen LogP contribution in [0.15, 0.2) is 46.7 Å². The molecule has 1 N–H and O–H groups in total. The van der Waals surface area contributed by atoms with Crippen LogP contribution < -0.4 is 4.74 Å². The monoisotopic (exact) mass is 318 g/mol. The van der Waals surface area contributed by atoms with Gasteiger partial charge < -0.3 is 14.6 Å². The van der Waals surface area contributed by atoms with Crippen LogP contribution in [0, 0.1) is 5.92 Å². The maximum atomic E-state index is 12.6. The van der Waals surface area contributed by atoms with E-state index in [2.05, 4.69) is 0 Å². The number of Topliss-reactive ketones (excluding diaryl/α,β-unsaturated/α-hetero) is 1. The summed E-state index contributed by atoms with van der Waals surface area (Å²) in [6.07, 6.45) is 0.227. The number of ketones is 1. The van der Waals surface area contributed by atoms with Gasteiger partial charge in [-0.1, -0.05) is 23.7 Å². The molecule has 1 aromatic carbocycles. The first-order chi connectivity index (χ1) is 10.6. The number of ether oxygens (including phenoxy) is 2. The van der Waals surface area contributed by atoms with E-state index in [1.807, 2.05) is 0 Å². The molecule has 4 rings (SSSR count). The minimum Gasteiger partial charge on any atom is -0.484 e. The molecule has 3 unspecified atom stereocenters. The molecule has 0 fully saturated rings. The number of hydrogen-bond donors (Lipinski definition) is 1. The molecule has 3 aliphatic rings. The predicted molar refractivity (Wildman–Crippen MR) is 76.8 cm³/mol. The molecule has 2 heterocycles. The maximum absolute atomic E-state index is 12.6. The summed E-state index contributed by atoms with van der Waals surface area (Å²) in [5.41, 5.74) is 1.16. The first-order valence-electron chi connectivity index (χ1n) is 6.86. The number of fused-ring (bicyclic) bond motifs is 3. The first kappa shape index (κ1) is 13.4. The summed E-state index contributed by atoms with van der Waals surface area (Å²) in [6, 6.07) is 7.01. The number of carboxylic acid groups (broad SMARTS) is 1. The van der Waals surface area contributed by atoms with E-state index in [-0.39, 0.29) is 17.2 Å². The normalized spacial score (nSPS) is 28.9. The Bertz CT molecular complexity index is 764. The summed E-state index contributed by atoms with van der Waals surface area (Å²) >= 11 is 6.18. The molecule has 0 amide bonds. The van der Waals surface area contributed by atoms with E-state index in [1.165, 1.54) is 0 Å². The lowest BCUT2D eigenvalue weighted by Crippen LogP contribution is -2.40. The van der Waals surface area contributed by atoms with Crippen molar-refractivity contribution in [3.8, 4) is 5.75 Å². The van der Waals surface area contributed by atoms with Crippen molar-refractivity contribution in [1.82, 2.24) is 0 Å². The summed E-state index contributed by atoms with van der Waals surface area (Å²) in [5, 5.41) is 9.40. The van der Waals surface area contributed by atoms with Gasteiger partial charge in [-0.15, -0.1) is 0 Å². The van der Waals surface area contributed by atoms with Crippen molar-refractivity contribution in [3.05, 3.63) is 52.3 Å². The van der Waals surface area contributed by atoms with Crippen LogP contribution in [-0.2, 0) is 9.53 Å². The molecule has 2 aliphatic heterocycles. The number of carboxylic acids is 1. The molecule has 0 aromatic heterocycles. The summed E-state index contributed by atoms with van der Waals surface area (Å²) in [6.45, 7) is 0. The minimum atomic E-state index is -1.06. The molecule has 1 aromatic rings. The van der Waals surface area contributed by atoms with E-state index in [9.17, 15) is 9.59 Å². The Kier molecular flexibility index (Phi) is 2.81. The van der Waals surface area contributed by atoms with Gasteiger partial charge in [0.05, 0.1) is 16.5 Å². The van der Waals surface area contributed by atoms with Crippen molar-refractivity contribution >= 4 is 23.4 Å². The van der Waals surface area contributed by atoms with Gasteiger partial charge in [-0.3, -0.25) is 4.79 Å². The van der Waals surface area contributed by atoms with Gasteiger partial charge in [0.1, 0.15) is 17.6 Å². The van der Waals surface area contributed by atoms with Crippen molar-refractivity contribution in [2.24, 2.45) is 5.92 Å². The minimum absolute atomic E-state index is 0.0738. The van der Waals surface area contributed by atoms with E-state index in [1.54, 1.807) is 30.3 Å². The lowest BCUT2D eigenvalue weighted by molar-refractivity contribution is -0.146. The zero-order valence-corrected chi connectivity index (χ0v) is 12.0. The van der Waals surface area contributed by atoms with E-state index in [0.717, 1.165) is 0 Å². The van der Waals surface area contributed by atoms with Crippen LogP contribution in [-0.4, -0.2) is 29.1 Å². The smallest absolute Gasteiger partial charge is 0.345 e. The molecule has 0 spiro atoms. The van der Waals surface area contributed by atoms with Gasteiger partial charge in [0.2, 0.25) is 0 Å². The third kappa shape index (κ3) is 1.78. The van der Waals surface area contributed by atoms with Crippen LogP contribution in [0.3, 0.4) is 0 Å². The molecule has 6 heteroatoms. The molecule has 0 radical (unpaired) electrons. The average molecular weight is 319 g/mol. The van der Waals surface area contributed by atoms with E-state index >= 15 is 0 Å². The lowest BCUT2D eigenvalue weighted by atomic mass is 9.81. The quantitative estimate of drug-likeness (QED) is 0.861. The summed E-state index contributed by atoms with van der Waals surface area (Å²) in [7, 11) is 0. The molecule has 0 saturated carbocycles. The predicted octanol–water partition coefficient (Wildman–Crippen LogP) is 2.51. The number of benzene rings is 1. The Labute approximate surface area is 130 Å². The molecule has 0 bridgehead atoms. The highest BCUT2D eigenvalue weighted by atomic mass is 35.5. The summed E-state index contributed by atoms with van der Waals surface area (Å²) in [4.78, 5) is 23.8. The largest absolute Gasteiger partial charge is 0.484 e. The van der Waals surface area contributed by atoms with Crippen molar-refractivity contribution in [2.45, 2.75) is 18.6 Å². The Morgan fingerprint density at radius 3 is 2.82 bits per heavy atom. The topological polar surface area (TPSA) is 72.8 Å². The second kappa shape index (κ2) is 4.61. The van der Waals surface area contributed by atoms with Gasteiger partial charge in [0.15, 0.2) is 11.9 Å². The van der Waals surface area contributed by atoms with Crippen molar-refractivity contribution < 1.29 is 24.2 Å². The molecular weight excluding hydrogens is 308 g/mol. The van der Waals surface area contributed by atoms with E-state index < -0.39 is 24.1 Å². The second-order valence-corrected chi connectivity index (χ2v) is 5.85. The highest BCUT2D eigenvalue weighted by molar-refractivity contribution is 6.32. The Morgan fingerprint density at radius 1 is 1.27 bits per heavy atom. The molecule has 1 aliphatic carbocycles. The zero-order valence-electron chi connectivity index (χ0n) is 11.3. The van der Waals surface area contributed by atoms with Crippen molar-refractivity contribution in [3.63, 3.8) is 0 Å². The number of carbonyl (C=O) groups is 2. The lowest BCUT2D eigenvalue weighted by Gasteiger charge is -2.34. The number of rotatable bonds is 1. The highest BCUT2D eigenvalue weighted by Crippen LogP contribution is 2.45. The first-order valence-corrected chi connectivity index (χ1v) is 7.24. The van der Waals surface area contributed by atoms with Crippen LogP contribution in [0.25, 0.3) is 0 Å². The number of halogens is 1. The standard InChI is InChI=1S/C16H11ClO5/c17-10-5-8-13(18)7-3-1-2-4-11(7)21-14(8)9-6-12(16(19)20)22-15(9)10/h1-5,8,12,14H,6H2,(H,19,20). The van der Waals surface area contributed by atoms with E-state index in [0.29, 0.717) is 22.6 Å². The van der Waals surface area contributed by atoms with Gasteiger partial charge in [0.25, 0.3) is 0 Å². The molecule has 5 nitrogen and oxygen atoms in total. The molecule has 112 valence electrons. The zero-order chi connectivity index (χ0) is 15.4. The van der Waals surface area contributed by atoms with Gasteiger partial charge in [0, 0.05) is 12.0 Å².